The predicted octanol–water partition coefficient (Wildman–Crippen LogP) is 1.35. The van der Waals surface area contributed by atoms with Crippen LogP contribution in [-0.2, 0) is 4.74 Å². The summed E-state index contributed by atoms with van der Waals surface area (Å²) in [6.45, 7) is 5.11. The molecule has 3 rings (SSSR count). The van der Waals surface area contributed by atoms with E-state index in [4.69, 9.17) is 10.5 Å². The zero-order valence-corrected chi connectivity index (χ0v) is 13.3. The molecule has 2 aromatic rings. The highest BCUT2D eigenvalue weighted by molar-refractivity contribution is 7.11. The van der Waals surface area contributed by atoms with Gasteiger partial charge in [0.15, 0.2) is 0 Å². The van der Waals surface area contributed by atoms with Crippen molar-refractivity contribution < 1.29 is 9.53 Å². The highest BCUT2D eigenvalue weighted by Gasteiger charge is 2.28. The molecule has 2 N–H and O–H groups in total. The second-order valence-electron chi connectivity index (χ2n) is 5.14. The van der Waals surface area contributed by atoms with Gasteiger partial charge in [0.25, 0.3) is 5.91 Å². The lowest BCUT2D eigenvalue weighted by molar-refractivity contribution is -0.0246. The van der Waals surface area contributed by atoms with E-state index < -0.39 is 0 Å². The van der Waals surface area contributed by atoms with Gasteiger partial charge in [-0.05, 0) is 13.8 Å². The van der Waals surface area contributed by atoms with Crippen LogP contribution in [0.2, 0.25) is 0 Å². The summed E-state index contributed by atoms with van der Waals surface area (Å²) >= 11 is 1.36. The number of aromatic nitrogens is 3. The Bertz CT molecular complexity index is 682. The van der Waals surface area contributed by atoms with Crippen LogP contribution in [0.25, 0.3) is 0 Å². The van der Waals surface area contributed by atoms with Crippen LogP contribution in [0.5, 0.6) is 0 Å². The Labute approximate surface area is 132 Å². The zero-order chi connectivity index (χ0) is 15.7. The van der Waals surface area contributed by atoms with Crippen molar-refractivity contribution >= 4 is 23.1 Å². The molecule has 0 saturated carbocycles. The number of amides is 1. The molecule has 116 valence electrons. The Hall–Kier alpha value is -2.06. The number of ether oxygens (including phenoxy) is 1. The van der Waals surface area contributed by atoms with Crippen LogP contribution in [0.3, 0.4) is 0 Å². The zero-order valence-electron chi connectivity index (χ0n) is 12.4. The first-order valence-corrected chi connectivity index (χ1v) is 7.84. The van der Waals surface area contributed by atoms with Crippen molar-refractivity contribution in [2.75, 3.05) is 25.4 Å². The molecule has 22 heavy (non-hydrogen) atoms. The number of nitrogens with zero attached hydrogens (tertiary/aromatic N) is 4. The monoisotopic (exact) mass is 319 g/mol. The minimum Gasteiger partial charge on any atom is -0.384 e. The number of carbonyl (C=O) groups is 1. The Morgan fingerprint density at radius 1 is 1.45 bits per heavy atom. The minimum absolute atomic E-state index is 0.00736. The lowest BCUT2D eigenvalue weighted by atomic mass is 10.2. The molecule has 0 radical (unpaired) electrons. The molecule has 1 aliphatic rings. The Morgan fingerprint density at radius 3 is 2.95 bits per heavy atom. The molecular formula is C14H17N5O2S. The molecule has 0 aliphatic carbocycles. The van der Waals surface area contributed by atoms with Crippen molar-refractivity contribution in [2.24, 2.45) is 0 Å². The van der Waals surface area contributed by atoms with Gasteiger partial charge in [0.05, 0.1) is 30.1 Å². The van der Waals surface area contributed by atoms with Gasteiger partial charge in [-0.25, -0.2) is 15.0 Å². The number of hydrogen-bond acceptors (Lipinski definition) is 7. The molecule has 1 aliphatic heterocycles. The number of rotatable bonds is 2. The number of nitrogen functional groups attached to an aromatic ring is 1. The summed E-state index contributed by atoms with van der Waals surface area (Å²) in [4.78, 5) is 27.6. The van der Waals surface area contributed by atoms with E-state index in [0.29, 0.717) is 41.9 Å². The smallest absolute Gasteiger partial charge is 0.266 e. The summed E-state index contributed by atoms with van der Waals surface area (Å²) in [5.41, 5.74) is 8.93. The van der Waals surface area contributed by atoms with Gasteiger partial charge in [0.2, 0.25) is 0 Å². The number of hydrogen-bond donors (Lipinski definition) is 1. The highest BCUT2D eigenvalue weighted by Crippen LogP contribution is 2.24. The van der Waals surface area contributed by atoms with Crippen molar-refractivity contribution in [3.05, 3.63) is 33.7 Å². The van der Waals surface area contributed by atoms with Crippen LogP contribution in [0.1, 0.15) is 33.0 Å². The fourth-order valence-corrected chi connectivity index (χ4v) is 3.21. The molecule has 0 bridgehead atoms. The van der Waals surface area contributed by atoms with Gasteiger partial charge in [-0.2, -0.15) is 0 Å². The van der Waals surface area contributed by atoms with E-state index in [1.807, 2.05) is 6.92 Å². The average molecular weight is 319 g/mol. The van der Waals surface area contributed by atoms with Crippen LogP contribution in [0.4, 0.5) is 5.82 Å². The Kier molecular flexibility index (Phi) is 4.04. The topological polar surface area (TPSA) is 94.2 Å². The number of morpholine rings is 1. The Morgan fingerprint density at radius 2 is 2.27 bits per heavy atom. The number of thiazole rings is 1. The maximum atomic E-state index is 12.6. The van der Waals surface area contributed by atoms with E-state index in [2.05, 4.69) is 15.0 Å². The second-order valence-corrected chi connectivity index (χ2v) is 6.00. The normalized spacial score (nSPS) is 18.5. The first-order chi connectivity index (χ1) is 10.5. The number of nitrogens with two attached hydrogens (primary N) is 1. The van der Waals surface area contributed by atoms with Crippen LogP contribution in [0, 0.1) is 13.8 Å². The molecule has 2 aromatic heterocycles. The lowest BCUT2D eigenvalue weighted by Crippen LogP contribution is -2.42. The number of aryl methyl sites for hydroxylation is 2. The number of carbonyl (C=O) groups excluding carboxylic acids is 1. The molecule has 7 nitrogen and oxygen atoms in total. The fourth-order valence-electron chi connectivity index (χ4n) is 2.44. The van der Waals surface area contributed by atoms with Crippen molar-refractivity contribution in [3.63, 3.8) is 0 Å². The van der Waals surface area contributed by atoms with Crippen molar-refractivity contribution in [2.45, 2.75) is 20.0 Å². The van der Waals surface area contributed by atoms with Crippen LogP contribution in [0.15, 0.2) is 11.6 Å². The molecule has 1 saturated heterocycles. The van der Waals surface area contributed by atoms with Gasteiger partial charge in [-0.3, -0.25) is 4.79 Å². The SMILES string of the molecule is Cc1nc(N)cc(C2CN(C(=O)c3scnc3C)CCO2)n1. The fraction of sp³-hybridized carbons (Fsp3) is 0.429. The number of anilines is 1. The summed E-state index contributed by atoms with van der Waals surface area (Å²) in [5, 5.41) is 0. The van der Waals surface area contributed by atoms with Crippen LogP contribution >= 0.6 is 11.3 Å². The van der Waals surface area contributed by atoms with Gasteiger partial charge in [0, 0.05) is 12.6 Å². The molecule has 0 aromatic carbocycles. The third kappa shape index (κ3) is 2.93. The third-order valence-corrected chi connectivity index (χ3v) is 4.42. The lowest BCUT2D eigenvalue weighted by Gasteiger charge is -2.32. The van der Waals surface area contributed by atoms with E-state index in [9.17, 15) is 4.79 Å². The quantitative estimate of drug-likeness (QED) is 0.898. The minimum atomic E-state index is -0.282. The van der Waals surface area contributed by atoms with E-state index >= 15 is 0 Å². The van der Waals surface area contributed by atoms with Gasteiger partial charge >= 0.3 is 0 Å². The first-order valence-electron chi connectivity index (χ1n) is 6.96. The van der Waals surface area contributed by atoms with Gasteiger partial charge < -0.3 is 15.4 Å². The molecule has 1 amide bonds. The van der Waals surface area contributed by atoms with Crippen molar-refractivity contribution in [1.82, 2.24) is 19.9 Å². The summed E-state index contributed by atoms with van der Waals surface area (Å²) in [5.74, 6) is 1.00. The summed E-state index contributed by atoms with van der Waals surface area (Å²) in [7, 11) is 0. The van der Waals surface area contributed by atoms with Crippen LogP contribution < -0.4 is 5.73 Å². The molecular weight excluding hydrogens is 302 g/mol. The van der Waals surface area contributed by atoms with E-state index in [1.54, 1.807) is 23.4 Å². The summed E-state index contributed by atoms with van der Waals surface area (Å²) in [6, 6.07) is 1.70. The molecule has 1 unspecified atom stereocenters. The average Bonchev–Trinajstić information content (AvgIpc) is 2.92. The molecule has 1 fully saturated rings. The predicted molar refractivity (Wildman–Crippen MR) is 82.6 cm³/mol. The maximum absolute atomic E-state index is 12.6. The van der Waals surface area contributed by atoms with E-state index in [1.165, 1.54) is 11.3 Å². The van der Waals surface area contributed by atoms with Crippen LogP contribution in [-0.4, -0.2) is 45.5 Å². The van der Waals surface area contributed by atoms with E-state index in [-0.39, 0.29) is 12.0 Å². The highest BCUT2D eigenvalue weighted by atomic mass is 32.1. The summed E-state index contributed by atoms with van der Waals surface area (Å²) in [6.07, 6.45) is -0.282. The van der Waals surface area contributed by atoms with E-state index in [0.717, 1.165) is 5.69 Å². The maximum Gasteiger partial charge on any atom is 0.266 e. The molecule has 0 spiro atoms. The van der Waals surface area contributed by atoms with Gasteiger partial charge in [-0.15, -0.1) is 11.3 Å². The standard InChI is InChI=1S/C14H17N5O2S/c1-8-13(22-7-16-8)14(20)19-3-4-21-11(6-19)10-5-12(15)18-9(2)17-10/h5,7,11H,3-4,6H2,1-2H3,(H2,15,17,18). The van der Waals surface area contributed by atoms with Crippen molar-refractivity contribution in [1.29, 1.82) is 0 Å². The molecule has 3 heterocycles. The van der Waals surface area contributed by atoms with Gasteiger partial charge in [0.1, 0.15) is 22.6 Å². The van der Waals surface area contributed by atoms with Crippen molar-refractivity contribution in [3.8, 4) is 0 Å². The third-order valence-electron chi connectivity index (χ3n) is 3.50. The summed E-state index contributed by atoms with van der Waals surface area (Å²) < 4.78 is 5.75. The first kappa shape index (κ1) is 14.9. The second kappa shape index (κ2) is 5.98. The largest absolute Gasteiger partial charge is 0.384 e. The molecule has 8 heteroatoms. The van der Waals surface area contributed by atoms with Gasteiger partial charge in [-0.1, -0.05) is 0 Å². The Balaban J connectivity index is 1.79. The molecule has 1 atom stereocenters.